The highest BCUT2D eigenvalue weighted by molar-refractivity contribution is 5.94. The molecule has 2 aliphatic rings. The first-order valence-electron chi connectivity index (χ1n) is 10.1. The first-order valence-corrected chi connectivity index (χ1v) is 10.1. The zero-order valence-electron chi connectivity index (χ0n) is 16.7. The van der Waals surface area contributed by atoms with Gasteiger partial charge in [-0.3, -0.25) is 14.6 Å². The fraction of sp³-hybridized carbons (Fsp3) is 0.455. The maximum Gasteiger partial charge on any atom is 0.339 e. The van der Waals surface area contributed by atoms with E-state index >= 15 is 0 Å². The monoisotopic (exact) mass is 395 g/mol. The zero-order chi connectivity index (χ0) is 20.5. The molecular weight excluding hydrogens is 370 g/mol. The van der Waals surface area contributed by atoms with Crippen LogP contribution < -0.4 is 5.56 Å². The van der Waals surface area contributed by atoms with E-state index < -0.39 is 5.97 Å². The molecule has 1 amide bonds. The van der Waals surface area contributed by atoms with Crippen LogP contribution in [0.2, 0.25) is 0 Å². The average molecular weight is 395 g/mol. The van der Waals surface area contributed by atoms with Gasteiger partial charge in [-0.1, -0.05) is 19.4 Å². The summed E-state index contributed by atoms with van der Waals surface area (Å²) in [6, 6.07) is 8.70. The summed E-state index contributed by atoms with van der Waals surface area (Å²) in [5.41, 5.74) is 1.71. The molecule has 3 atom stereocenters. The van der Waals surface area contributed by atoms with Gasteiger partial charge in [-0.05, 0) is 37.0 Å². The van der Waals surface area contributed by atoms with E-state index in [1.54, 1.807) is 18.2 Å². The van der Waals surface area contributed by atoms with Crippen molar-refractivity contribution in [3.8, 4) is 0 Å². The Morgan fingerprint density at radius 3 is 2.72 bits per heavy atom. The number of esters is 1. The second-order valence-corrected chi connectivity index (χ2v) is 7.84. The van der Waals surface area contributed by atoms with Crippen LogP contribution in [0.4, 0.5) is 0 Å². The van der Waals surface area contributed by atoms with Crippen LogP contribution in [0, 0.1) is 5.92 Å². The number of nitrogens with zero attached hydrogens (tertiary/aromatic N) is 3. The number of aromatic nitrogens is 2. The number of ether oxygens (including phenoxy) is 1. The van der Waals surface area contributed by atoms with E-state index in [4.69, 9.17) is 0 Å². The highest BCUT2D eigenvalue weighted by atomic mass is 16.5. The lowest BCUT2D eigenvalue weighted by Gasteiger charge is -2.47. The van der Waals surface area contributed by atoms with E-state index in [-0.39, 0.29) is 29.3 Å². The van der Waals surface area contributed by atoms with Crippen LogP contribution in [0.5, 0.6) is 0 Å². The Morgan fingerprint density at radius 2 is 2.03 bits per heavy atom. The van der Waals surface area contributed by atoms with E-state index in [2.05, 4.69) is 16.6 Å². The molecule has 7 heteroatoms. The number of methoxy groups -OCH3 is 1. The number of carbonyl (C=O) groups excluding carboxylic acids is 2. The van der Waals surface area contributed by atoms with Gasteiger partial charge in [0.25, 0.3) is 11.5 Å². The van der Waals surface area contributed by atoms with Gasteiger partial charge in [0.1, 0.15) is 5.69 Å². The summed E-state index contributed by atoms with van der Waals surface area (Å²) in [6.07, 6.45) is 4.27. The van der Waals surface area contributed by atoms with Gasteiger partial charge in [0.15, 0.2) is 0 Å². The van der Waals surface area contributed by atoms with Gasteiger partial charge >= 0.3 is 5.97 Å². The molecule has 2 bridgehead atoms. The van der Waals surface area contributed by atoms with Crippen LogP contribution in [0.3, 0.4) is 0 Å². The van der Waals surface area contributed by atoms with Gasteiger partial charge in [0, 0.05) is 43.0 Å². The van der Waals surface area contributed by atoms with E-state index in [0.717, 1.165) is 25.0 Å². The maximum absolute atomic E-state index is 13.1. The Hall–Kier alpha value is -2.96. The van der Waals surface area contributed by atoms with Gasteiger partial charge < -0.3 is 14.2 Å². The first-order chi connectivity index (χ1) is 14.0. The molecule has 4 rings (SSSR count). The number of amides is 1. The smallest absolute Gasteiger partial charge is 0.339 e. The van der Waals surface area contributed by atoms with Gasteiger partial charge in [0.2, 0.25) is 0 Å². The second kappa shape index (κ2) is 7.81. The van der Waals surface area contributed by atoms with Crippen LogP contribution in [0.1, 0.15) is 64.7 Å². The minimum Gasteiger partial charge on any atom is -0.465 e. The molecule has 2 aliphatic heterocycles. The van der Waals surface area contributed by atoms with Crippen molar-refractivity contribution in [3.63, 3.8) is 0 Å². The number of hydrogen-bond acceptors (Lipinski definition) is 5. The van der Waals surface area contributed by atoms with E-state index in [9.17, 15) is 14.4 Å². The molecule has 0 radical (unpaired) electrons. The summed E-state index contributed by atoms with van der Waals surface area (Å²) in [4.78, 5) is 43.3. The Bertz CT molecular complexity index is 982. The van der Waals surface area contributed by atoms with E-state index in [1.165, 1.54) is 13.3 Å². The molecule has 2 aromatic heterocycles. The molecule has 152 valence electrons. The SMILES string of the molecule is CCC[C@H]1[C@H]2C[C@H](CN(C(=O)c3ccc(C(=O)OC)cn3)C2)c2cccc(=O)n21. The lowest BCUT2D eigenvalue weighted by atomic mass is 9.77. The first kappa shape index (κ1) is 19.4. The molecule has 0 aromatic carbocycles. The topological polar surface area (TPSA) is 81.5 Å². The summed E-state index contributed by atoms with van der Waals surface area (Å²) >= 11 is 0. The normalized spacial score (nSPS) is 22.7. The summed E-state index contributed by atoms with van der Waals surface area (Å²) < 4.78 is 6.64. The highest BCUT2D eigenvalue weighted by Gasteiger charge is 2.41. The van der Waals surface area contributed by atoms with Crippen molar-refractivity contribution in [3.05, 3.63) is 63.8 Å². The van der Waals surface area contributed by atoms with Crippen molar-refractivity contribution < 1.29 is 14.3 Å². The molecule has 0 unspecified atom stereocenters. The van der Waals surface area contributed by atoms with Crippen molar-refractivity contribution in [2.75, 3.05) is 20.2 Å². The highest BCUT2D eigenvalue weighted by Crippen LogP contribution is 2.42. The number of rotatable bonds is 4. The van der Waals surface area contributed by atoms with Crippen molar-refractivity contribution in [1.29, 1.82) is 0 Å². The summed E-state index contributed by atoms with van der Waals surface area (Å²) in [7, 11) is 1.31. The number of carbonyl (C=O) groups is 2. The molecule has 1 fully saturated rings. The molecule has 1 saturated heterocycles. The number of piperidine rings is 1. The maximum atomic E-state index is 13.1. The lowest BCUT2D eigenvalue weighted by Crippen LogP contribution is -2.51. The molecule has 29 heavy (non-hydrogen) atoms. The molecule has 0 aliphatic carbocycles. The molecular formula is C22H25N3O4. The number of likely N-dealkylation sites (tertiary alicyclic amines) is 1. The molecule has 4 heterocycles. The van der Waals surface area contributed by atoms with Crippen LogP contribution in [-0.2, 0) is 4.74 Å². The van der Waals surface area contributed by atoms with Crippen LogP contribution in [-0.4, -0.2) is 46.5 Å². The molecule has 7 nitrogen and oxygen atoms in total. The molecule has 0 saturated carbocycles. The Morgan fingerprint density at radius 1 is 1.21 bits per heavy atom. The van der Waals surface area contributed by atoms with Crippen molar-refractivity contribution in [2.24, 2.45) is 5.92 Å². The fourth-order valence-electron chi connectivity index (χ4n) is 4.79. The number of pyridine rings is 2. The molecule has 2 aromatic rings. The third kappa shape index (κ3) is 3.45. The van der Waals surface area contributed by atoms with Gasteiger partial charge in [-0.25, -0.2) is 4.79 Å². The third-order valence-corrected chi connectivity index (χ3v) is 6.07. The number of fused-ring (bicyclic) bond motifs is 4. The van der Waals surface area contributed by atoms with Crippen molar-refractivity contribution in [1.82, 2.24) is 14.5 Å². The quantitative estimate of drug-likeness (QED) is 0.744. The average Bonchev–Trinajstić information content (AvgIpc) is 2.75. The molecule has 0 spiro atoms. The van der Waals surface area contributed by atoms with Crippen LogP contribution in [0.25, 0.3) is 0 Å². The van der Waals surface area contributed by atoms with E-state index in [1.807, 2.05) is 21.6 Å². The standard InChI is InChI=1S/C22H25N3O4/c1-3-5-18-15-10-16(19-6-4-7-20(26)25(18)19)13-24(12-15)21(27)17-9-8-14(11-23-17)22(28)29-2/h4,6-9,11,15-16,18H,3,5,10,12-13H2,1-2H3/t15-,16+,18-/m0/s1. The second-order valence-electron chi connectivity index (χ2n) is 7.84. The summed E-state index contributed by atoms with van der Waals surface area (Å²) in [6.45, 7) is 3.30. The predicted octanol–water partition coefficient (Wildman–Crippen LogP) is 2.63. The summed E-state index contributed by atoms with van der Waals surface area (Å²) in [5.74, 6) is -0.222. The summed E-state index contributed by atoms with van der Waals surface area (Å²) in [5, 5.41) is 0. The minimum absolute atomic E-state index is 0.0514. The lowest BCUT2D eigenvalue weighted by molar-refractivity contribution is 0.0511. The largest absolute Gasteiger partial charge is 0.465 e. The third-order valence-electron chi connectivity index (χ3n) is 6.07. The van der Waals surface area contributed by atoms with Gasteiger partial charge in [-0.2, -0.15) is 0 Å². The Balaban J connectivity index is 1.61. The minimum atomic E-state index is -0.478. The predicted molar refractivity (Wildman–Crippen MR) is 107 cm³/mol. The Labute approximate surface area is 169 Å². The van der Waals surface area contributed by atoms with Gasteiger partial charge in [0.05, 0.1) is 12.7 Å². The molecule has 0 N–H and O–H groups in total. The van der Waals surface area contributed by atoms with Crippen molar-refractivity contribution in [2.45, 2.75) is 38.1 Å². The van der Waals surface area contributed by atoms with E-state index in [0.29, 0.717) is 24.3 Å². The van der Waals surface area contributed by atoms with Crippen LogP contribution in [0.15, 0.2) is 41.3 Å². The van der Waals surface area contributed by atoms with Crippen molar-refractivity contribution >= 4 is 11.9 Å². The Kier molecular flexibility index (Phi) is 5.22. The fourth-order valence-corrected chi connectivity index (χ4v) is 4.79. The van der Waals surface area contributed by atoms with Gasteiger partial charge in [-0.15, -0.1) is 0 Å². The van der Waals surface area contributed by atoms with Crippen LogP contribution >= 0.6 is 0 Å². The number of hydrogen-bond donors (Lipinski definition) is 0. The zero-order valence-corrected chi connectivity index (χ0v) is 16.7.